The van der Waals surface area contributed by atoms with Crippen molar-refractivity contribution in [3.8, 4) is 5.82 Å². The summed E-state index contributed by atoms with van der Waals surface area (Å²) in [5.74, 6) is 0.760. The normalized spacial score (nSPS) is 10.1. The van der Waals surface area contributed by atoms with Gasteiger partial charge >= 0.3 is 0 Å². The molecule has 0 radical (unpaired) electrons. The van der Waals surface area contributed by atoms with E-state index >= 15 is 0 Å². The second kappa shape index (κ2) is 3.41. The third-order valence-electron chi connectivity index (χ3n) is 1.88. The first-order valence-electron chi connectivity index (χ1n) is 4.22. The monoisotopic (exact) mass is 187 g/mol. The summed E-state index contributed by atoms with van der Waals surface area (Å²) in [5.41, 5.74) is 1.51. The second-order valence-corrected chi connectivity index (χ2v) is 2.99. The highest BCUT2D eigenvalue weighted by Crippen LogP contribution is 2.05. The van der Waals surface area contributed by atoms with Gasteiger partial charge in [0.25, 0.3) is 0 Å². The predicted octanol–water partition coefficient (Wildman–Crippen LogP) is 1.39. The van der Waals surface area contributed by atoms with E-state index in [4.69, 9.17) is 0 Å². The second-order valence-electron chi connectivity index (χ2n) is 2.99. The van der Waals surface area contributed by atoms with Gasteiger partial charge in [0.1, 0.15) is 12.1 Å². The molecule has 0 saturated carbocycles. The highest BCUT2D eigenvalue weighted by molar-refractivity contribution is 5.74. The molecule has 70 valence electrons. The summed E-state index contributed by atoms with van der Waals surface area (Å²) in [7, 11) is 0. The van der Waals surface area contributed by atoms with Crippen molar-refractivity contribution in [3.63, 3.8) is 0 Å². The lowest BCUT2D eigenvalue weighted by atomic mass is 10.3. The molecule has 0 spiro atoms. The fourth-order valence-electron chi connectivity index (χ4n) is 1.17. The van der Waals surface area contributed by atoms with Gasteiger partial charge in [0.15, 0.2) is 6.29 Å². The van der Waals surface area contributed by atoms with Crippen LogP contribution in [0.5, 0.6) is 0 Å². The van der Waals surface area contributed by atoms with Gasteiger partial charge in [-0.2, -0.15) is 0 Å². The van der Waals surface area contributed by atoms with Crippen LogP contribution in [0.25, 0.3) is 5.82 Å². The van der Waals surface area contributed by atoms with Crippen LogP contribution in [0.3, 0.4) is 0 Å². The van der Waals surface area contributed by atoms with Gasteiger partial charge in [-0.05, 0) is 19.1 Å². The van der Waals surface area contributed by atoms with Gasteiger partial charge in [0.2, 0.25) is 0 Å². The Kier molecular flexibility index (Phi) is 2.10. The third-order valence-corrected chi connectivity index (χ3v) is 1.88. The number of carbonyl (C=O) groups excluding carboxylic acids is 1. The SMILES string of the molecule is Cc1cn(-c2ccc(C=O)cn2)cn1. The topological polar surface area (TPSA) is 47.8 Å². The van der Waals surface area contributed by atoms with E-state index < -0.39 is 0 Å². The van der Waals surface area contributed by atoms with Crippen molar-refractivity contribution in [1.82, 2.24) is 14.5 Å². The lowest BCUT2D eigenvalue weighted by Crippen LogP contribution is -1.94. The summed E-state index contributed by atoms with van der Waals surface area (Å²) in [6.45, 7) is 1.91. The summed E-state index contributed by atoms with van der Waals surface area (Å²) >= 11 is 0. The van der Waals surface area contributed by atoms with E-state index in [1.54, 1.807) is 18.5 Å². The maximum absolute atomic E-state index is 10.4. The highest BCUT2D eigenvalue weighted by atomic mass is 16.1. The highest BCUT2D eigenvalue weighted by Gasteiger charge is 1.98. The Bertz CT molecular complexity index is 445. The van der Waals surface area contributed by atoms with Crippen LogP contribution in [0.15, 0.2) is 30.9 Å². The zero-order valence-corrected chi connectivity index (χ0v) is 7.71. The zero-order chi connectivity index (χ0) is 9.97. The molecule has 2 aromatic rings. The van der Waals surface area contributed by atoms with Crippen molar-refractivity contribution in [2.45, 2.75) is 6.92 Å². The van der Waals surface area contributed by atoms with Crippen LogP contribution in [-0.4, -0.2) is 20.8 Å². The maximum Gasteiger partial charge on any atom is 0.151 e. The molecule has 0 N–H and O–H groups in total. The molecule has 0 aromatic carbocycles. The molecule has 0 aliphatic rings. The first kappa shape index (κ1) is 8.62. The van der Waals surface area contributed by atoms with E-state index in [0.717, 1.165) is 17.8 Å². The lowest BCUT2D eigenvalue weighted by molar-refractivity contribution is 0.112. The van der Waals surface area contributed by atoms with Crippen LogP contribution in [0.1, 0.15) is 16.1 Å². The first-order valence-corrected chi connectivity index (χ1v) is 4.22. The molecule has 0 unspecified atom stereocenters. The first-order chi connectivity index (χ1) is 6.79. The standard InChI is InChI=1S/C10H9N3O/c1-8-5-13(7-12-8)10-3-2-9(6-14)4-11-10/h2-7H,1H3. The number of rotatable bonds is 2. The van der Waals surface area contributed by atoms with Gasteiger partial charge in [-0.1, -0.05) is 0 Å². The number of aldehydes is 1. The molecular weight excluding hydrogens is 178 g/mol. The van der Waals surface area contributed by atoms with Gasteiger partial charge in [-0.25, -0.2) is 9.97 Å². The number of aromatic nitrogens is 3. The summed E-state index contributed by atoms with van der Waals surface area (Å²) in [6, 6.07) is 3.51. The number of nitrogens with zero attached hydrogens (tertiary/aromatic N) is 3. The van der Waals surface area contributed by atoms with Crippen LogP contribution < -0.4 is 0 Å². The Morgan fingerprint density at radius 1 is 1.36 bits per heavy atom. The van der Waals surface area contributed by atoms with Crippen molar-refractivity contribution in [3.05, 3.63) is 42.1 Å². The summed E-state index contributed by atoms with van der Waals surface area (Å²) in [4.78, 5) is 18.6. The third kappa shape index (κ3) is 1.54. The van der Waals surface area contributed by atoms with Crippen LogP contribution in [0, 0.1) is 6.92 Å². The van der Waals surface area contributed by atoms with E-state index in [0.29, 0.717) is 5.56 Å². The molecule has 0 aliphatic carbocycles. The number of pyridine rings is 1. The van der Waals surface area contributed by atoms with E-state index in [-0.39, 0.29) is 0 Å². The van der Waals surface area contributed by atoms with E-state index in [1.165, 1.54) is 6.20 Å². The minimum atomic E-state index is 0.575. The van der Waals surface area contributed by atoms with E-state index in [1.807, 2.05) is 17.7 Å². The molecule has 0 amide bonds. The number of hydrogen-bond acceptors (Lipinski definition) is 3. The van der Waals surface area contributed by atoms with Gasteiger partial charge < -0.3 is 0 Å². The van der Waals surface area contributed by atoms with Crippen molar-refractivity contribution >= 4 is 6.29 Å². The molecule has 14 heavy (non-hydrogen) atoms. The minimum absolute atomic E-state index is 0.575. The maximum atomic E-state index is 10.4. The fraction of sp³-hybridized carbons (Fsp3) is 0.100. The van der Waals surface area contributed by atoms with E-state index in [9.17, 15) is 4.79 Å². The number of carbonyl (C=O) groups is 1. The minimum Gasteiger partial charge on any atom is -0.298 e. The number of aryl methyl sites for hydroxylation is 1. The summed E-state index contributed by atoms with van der Waals surface area (Å²) in [6.07, 6.45) is 5.88. The van der Waals surface area contributed by atoms with Crippen LogP contribution in [-0.2, 0) is 0 Å². The van der Waals surface area contributed by atoms with Crippen molar-refractivity contribution in [2.75, 3.05) is 0 Å². The zero-order valence-electron chi connectivity index (χ0n) is 7.71. The van der Waals surface area contributed by atoms with E-state index in [2.05, 4.69) is 9.97 Å². The summed E-state index contributed by atoms with van der Waals surface area (Å²) in [5, 5.41) is 0. The average molecular weight is 187 g/mol. The Balaban J connectivity index is 2.38. The van der Waals surface area contributed by atoms with Crippen LogP contribution in [0.4, 0.5) is 0 Å². The Labute approximate surface area is 81.2 Å². The lowest BCUT2D eigenvalue weighted by Gasteiger charge is -1.99. The Morgan fingerprint density at radius 3 is 2.71 bits per heavy atom. The van der Waals surface area contributed by atoms with Crippen molar-refractivity contribution in [2.24, 2.45) is 0 Å². The van der Waals surface area contributed by atoms with Gasteiger partial charge in [-0.3, -0.25) is 9.36 Å². The molecule has 2 rings (SSSR count). The Morgan fingerprint density at radius 2 is 2.21 bits per heavy atom. The molecule has 0 bridgehead atoms. The summed E-state index contributed by atoms with van der Waals surface area (Å²) < 4.78 is 1.81. The number of imidazole rings is 1. The molecule has 4 heteroatoms. The predicted molar refractivity (Wildman–Crippen MR) is 51.5 cm³/mol. The molecule has 0 fully saturated rings. The quantitative estimate of drug-likeness (QED) is 0.667. The molecule has 0 atom stereocenters. The number of hydrogen-bond donors (Lipinski definition) is 0. The van der Waals surface area contributed by atoms with Crippen LogP contribution in [0.2, 0.25) is 0 Å². The molecule has 2 aromatic heterocycles. The largest absolute Gasteiger partial charge is 0.298 e. The van der Waals surface area contributed by atoms with Gasteiger partial charge in [0, 0.05) is 18.0 Å². The molecule has 0 saturated heterocycles. The Hall–Kier alpha value is -1.97. The molecule has 4 nitrogen and oxygen atoms in total. The molecule has 0 aliphatic heterocycles. The smallest absolute Gasteiger partial charge is 0.151 e. The van der Waals surface area contributed by atoms with Gasteiger partial charge in [-0.15, -0.1) is 0 Å². The molecule has 2 heterocycles. The molecular formula is C10H9N3O. The average Bonchev–Trinajstić information content (AvgIpc) is 2.65. The fourth-order valence-corrected chi connectivity index (χ4v) is 1.17. The van der Waals surface area contributed by atoms with Crippen LogP contribution >= 0.6 is 0 Å². The van der Waals surface area contributed by atoms with Crippen molar-refractivity contribution < 1.29 is 4.79 Å². The van der Waals surface area contributed by atoms with Crippen molar-refractivity contribution in [1.29, 1.82) is 0 Å². The van der Waals surface area contributed by atoms with Gasteiger partial charge in [0.05, 0.1) is 5.69 Å².